The van der Waals surface area contributed by atoms with Crippen LogP contribution in [-0.4, -0.2) is 21.8 Å². The molecular weight excluding hydrogens is 270 g/mol. The van der Waals surface area contributed by atoms with Gasteiger partial charge in [-0.15, -0.1) is 0 Å². The number of rotatable bonds is 3. The fourth-order valence-corrected chi connectivity index (χ4v) is 2.64. The van der Waals surface area contributed by atoms with E-state index in [4.69, 9.17) is 0 Å². The van der Waals surface area contributed by atoms with Crippen LogP contribution < -0.4 is 5.43 Å². The van der Waals surface area contributed by atoms with Gasteiger partial charge in [0.05, 0.1) is 17.1 Å². The van der Waals surface area contributed by atoms with Gasteiger partial charge in [0.1, 0.15) is 0 Å². The fourth-order valence-electron chi connectivity index (χ4n) is 1.81. The first-order chi connectivity index (χ1) is 9.83. The molecule has 1 aliphatic heterocycles. The van der Waals surface area contributed by atoms with E-state index in [0.29, 0.717) is 10.9 Å². The third kappa shape index (κ3) is 2.83. The van der Waals surface area contributed by atoms with Crippen molar-refractivity contribution in [2.75, 3.05) is 11.2 Å². The summed E-state index contributed by atoms with van der Waals surface area (Å²) in [7, 11) is 0. The quantitative estimate of drug-likeness (QED) is 0.940. The molecule has 0 saturated carbocycles. The van der Waals surface area contributed by atoms with Crippen molar-refractivity contribution in [1.82, 2.24) is 5.01 Å². The largest absolute Gasteiger partial charge is 0.290 e. The molecule has 1 heterocycles. The van der Waals surface area contributed by atoms with Crippen LogP contribution >= 0.6 is 11.8 Å². The summed E-state index contributed by atoms with van der Waals surface area (Å²) < 4.78 is 0. The Balaban J connectivity index is 1.84. The van der Waals surface area contributed by atoms with E-state index in [0.717, 1.165) is 11.4 Å². The second-order valence-corrected chi connectivity index (χ2v) is 5.17. The number of nitrogens with one attached hydrogen (secondary N) is 1. The van der Waals surface area contributed by atoms with Crippen LogP contribution in [0.2, 0.25) is 0 Å². The summed E-state index contributed by atoms with van der Waals surface area (Å²) in [4.78, 5) is 16.4. The Labute approximate surface area is 121 Å². The molecule has 0 bridgehead atoms. The molecule has 1 amide bonds. The summed E-state index contributed by atoms with van der Waals surface area (Å²) >= 11 is 1.44. The van der Waals surface area contributed by atoms with Gasteiger partial charge in [0, 0.05) is 0 Å². The van der Waals surface area contributed by atoms with Gasteiger partial charge in [-0.05, 0) is 24.3 Å². The van der Waals surface area contributed by atoms with E-state index >= 15 is 0 Å². The molecule has 3 rings (SSSR count). The Morgan fingerprint density at radius 2 is 1.65 bits per heavy atom. The number of amides is 1. The first-order valence-electron chi connectivity index (χ1n) is 6.24. The molecule has 5 heteroatoms. The van der Waals surface area contributed by atoms with Gasteiger partial charge >= 0.3 is 0 Å². The number of carbonyl (C=O) groups excluding carboxylic acids is 1. The van der Waals surface area contributed by atoms with Crippen LogP contribution in [-0.2, 0) is 4.79 Å². The number of anilines is 1. The number of amidine groups is 1. The monoisotopic (exact) mass is 283 g/mol. The molecule has 1 saturated heterocycles. The van der Waals surface area contributed by atoms with Gasteiger partial charge in [-0.1, -0.05) is 48.2 Å². The maximum absolute atomic E-state index is 11.9. The summed E-state index contributed by atoms with van der Waals surface area (Å²) in [5.41, 5.74) is 4.80. The Morgan fingerprint density at radius 3 is 2.35 bits per heavy atom. The maximum atomic E-state index is 11.9. The van der Waals surface area contributed by atoms with Crippen molar-refractivity contribution in [3.8, 4) is 0 Å². The van der Waals surface area contributed by atoms with Crippen LogP contribution in [0.25, 0.3) is 0 Å². The van der Waals surface area contributed by atoms with Crippen molar-refractivity contribution >= 4 is 34.2 Å². The molecule has 1 aliphatic rings. The fraction of sp³-hybridized carbons (Fsp3) is 0.0667. The molecular formula is C15H13N3OS. The number of hydrogen-bond donors (Lipinski definition) is 1. The van der Waals surface area contributed by atoms with Crippen molar-refractivity contribution in [2.45, 2.75) is 0 Å². The molecule has 0 aliphatic carbocycles. The van der Waals surface area contributed by atoms with Gasteiger partial charge in [-0.25, -0.2) is 4.99 Å². The van der Waals surface area contributed by atoms with Gasteiger partial charge in [-0.2, -0.15) is 5.01 Å². The van der Waals surface area contributed by atoms with Gasteiger partial charge in [-0.3, -0.25) is 10.2 Å². The molecule has 0 atom stereocenters. The second-order valence-electron chi connectivity index (χ2n) is 4.23. The van der Waals surface area contributed by atoms with E-state index in [1.54, 1.807) is 0 Å². The Bertz CT molecular complexity index is 628. The molecule has 1 fully saturated rings. The minimum Gasteiger partial charge on any atom is -0.290 e. The van der Waals surface area contributed by atoms with E-state index in [-0.39, 0.29) is 5.91 Å². The van der Waals surface area contributed by atoms with Crippen molar-refractivity contribution < 1.29 is 4.79 Å². The predicted octanol–water partition coefficient (Wildman–Crippen LogP) is 3.28. The summed E-state index contributed by atoms with van der Waals surface area (Å²) in [6, 6.07) is 19.2. The normalized spacial score (nSPS) is 16.7. The Hall–Kier alpha value is -2.27. The lowest BCUT2D eigenvalue weighted by Gasteiger charge is -2.18. The number of nitrogens with zero attached hydrogens (tertiary/aromatic N) is 2. The zero-order valence-electron chi connectivity index (χ0n) is 10.7. The second kappa shape index (κ2) is 5.79. The molecule has 1 N–H and O–H groups in total. The lowest BCUT2D eigenvalue weighted by atomic mass is 10.3. The van der Waals surface area contributed by atoms with Gasteiger partial charge in [0.25, 0.3) is 5.91 Å². The highest BCUT2D eigenvalue weighted by Gasteiger charge is 2.28. The van der Waals surface area contributed by atoms with E-state index < -0.39 is 0 Å². The highest BCUT2D eigenvalue weighted by atomic mass is 32.2. The standard InChI is InChI=1S/C15H13N3OS/c19-14-11-20-15(16-12-7-3-1-4-8-12)18(14)17-13-9-5-2-6-10-13/h1-10,17H,11H2. The number of aliphatic imine (C=N–C) groups is 1. The first-order valence-corrected chi connectivity index (χ1v) is 7.23. The van der Waals surface area contributed by atoms with Crippen LogP contribution in [0.3, 0.4) is 0 Å². The third-order valence-corrected chi connectivity index (χ3v) is 3.68. The minimum absolute atomic E-state index is 0.00790. The van der Waals surface area contributed by atoms with E-state index in [1.165, 1.54) is 16.8 Å². The SMILES string of the molecule is O=C1CSC(=Nc2ccccc2)N1Nc1ccccc1. The molecule has 100 valence electrons. The number of carbonyl (C=O) groups is 1. The molecule has 0 spiro atoms. The molecule has 2 aromatic carbocycles. The van der Waals surface area contributed by atoms with Crippen molar-refractivity contribution in [1.29, 1.82) is 0 Å². The van der Waals surface area contributed by atoms with Crippen LogP contribution in [0, 0.1) is 0 Å². The number of benzene rings is 2. The van der Waals surface area contributed by atoms with Crippen molar-refractivity contribution in [2.24, 2.45) is 4.99 Å². The topological polar surface area (TPSA) is 44.7 Å². The summed E-state index contributed by atoms with van der Waals surface area (Å²) in [5, 5.41) is 2.18. The molecule has 0 radical (unpaired) electrons. The van der Waals surface area contributed by atoms with Crippen LogP contribution in [0.5, 0.6) is 0 Å². The number of para-hydroxylation sites is 2. The molecule has 4 nitrogen and oxygen atoms in total. The highest BCUT2D eigenvalue weighted by molar-refractivity contribution is 8.15. The molecule has 0 unspecified atom stereocenters. The molecule has 0 aromatic heterocycles. The van der Waals surface area contributed by atoms with E-state index in [2.05, 4.69) is 10.4 Å². The predicted molar refractivity (Wildman–Crippen MR) is 82.9 cm³/mol. The summed E-state index contributed by atoms with van der Waals surface area (Å²) in [5.74, 6) is 0.416. The smallest absolute Gasteiger partial charge is 0.257 e. The molecule has 2 aromatic rings. The third-order valence-electron chi connectivity index (χ3n) is 2.76. The minimum atomic E-state index is 0.00790. The van der Waals surface area contributed by atoms with Crippen molar-refractivity contribution in [3.63, 3.8) is 0 Å². The molecule has 20 heavy (non-hydrogen) atoms. The van der Waals surface area contributed by atoms with Crippen LogP contribution in [0.4, 0.5) is 11.4 Å². The first kappa shape index (κ1) is 12.7. The lowest BCUT2D eigenvalue weighted by molar-refractivity contribution is -0.123. The van der Waals surface area contributed by atoms with Gasteiger partial charge in [0.2, 0.25) is 0 Å². The zero-order chi connectivity index (χ0) is 13.8. The zero-order valence-corrected chi connectivity index (χ0v) is 11.5. The van der Waals surface area contributed by atoms with E-state index in [9.17, 15) is 4.79 Å². The Kier molecular flexibility index (Phi) is 3.69. The van der Waals surface area contributed by atoms with Crippen LogP contribution in [0.1, 0.15) is 0 Å². The number of thioether (sulfide) groups is 1. The van der Waals surface area contributed by atoms with Crippen LogP contribution in [0.15, 0.2) is 65.7 Å². The van der Waals surface area contributed by atoms with E-state index in [1.807, 2.05) is 60.7 Å². The number of hydrogen-bond acceptors (Lipinski definition) is 4. The van der Waals surface area contributed by atoms with Gasteiger partial charge in [0.15, 0.2) is 5.17 Å². The van der Waals surface area contributed by atoms with Crippen molar-refractivity contribution in [3.05, 3.63) is 60.7 Å². The van der Waals surface area contributed by atoms with Gasteiger partial charge < -0.3 is 0 Å². The highest BCUT2D eigenvalue weighted by Crippen LogP contribution is 2.24. The maximum Gasteiger partial charge on any atom is 0.257 e. The lowest BCUT2D eigenvalue weighted by Crippen LogP contribution is -2.35. The summed E-state index contributed by atoms with van der Waals surface area (Å²) in [6.07, 6.45) is 0. The summed E-state index contributed by atoms with van der Waals surface area (Å²) in [6.45, 7) is 0. The Morgan fingerprint density at radius 1 is 1.00 bits per heavy atom. The average molecular weight is 283 g/mol. The number of hydrazine groups is 1. The average Bonchev–Trinajstić information content (AvgIpc) is 2.83.